The highest BCUT2D eigenvalue weighted by atomic mass is 35.5. The third-order valence-electron chi connectivity index (χ3n) is 4.68. The number of benzene rings is 1. The van der Waals surface area contributed by atoms with E-state index in [0.29, 0.717) is 15.7 Å². The summed E-state index contributed by atoms with van der Waals surface area (Å²) < 4.78 is 0. The third-order valence-corrected chi connectivity index (χ3v) is 6.15. The largest absolute Gasteiger partial charge is 0.349 e. The summed E-state index contributed by atoms with van der Waals surface area (Å²) in [7, 11) is 0. The van der Waals surface area contributed by atoms with Crippen LogP contribution in [0.2, 0.25) is 5.02 Å². The van der Waals surface area contributed by atoms with Crippen LogP contribution < -0.4 is 10.2 Å². The Hall–Kier alpha value is -1.97. The van der Waals surface area contributed by atoms with Gasteiger partial charge in [-0.15, -0.1) is 0 Å². The van der Waals surface area contributed by atoms with Crippen LogP contribution in [0, 0.1) is 18.3 Å². The second-order valence-electron chi connectivity index (χ2n) is 6.55. The Bertz CT molecular complexity index is 809. The maximum absolute atomic E-state index is 12.7. The minimum atomic E-state index is -0.396. The third kappa shape index (κ3) is 3.89. The van der Waals surface area contributed by atoms with Crippen LogP contribution in [0.1, 0.15) is 37.7 Å². The van der Waals surface area contributed by atoms with Gasteiger partial charge in [0, 0.05) is 16.8 Å². The molecule has 0 atom stereocenters. The molecule has 136 valence electrons. The van der Waals surface area contributed by atoms with E-state index in [1.807, 2.05) is 13.0 Å². The normalized spacial score (nSPS) is 20.0. The summed E-state index contributed by atoms with van der Waals surface area (Å²) in [6.07, 6.45) is 5.24. The molecule has 26 heavy (non-hydrogen) atoms. The number of hydrogen-bond donors (Lipinski definition) is 1. The van der Waals surface area contributed by atoms with Gasteiger partial charge in [-0.05, 0) is 43.5 Å². The molecule has 3 rings (SSSR count). The number of carbonyl (C=O) groups excluding carboxylic acids is 2. The lowest BCUT2D eigenvalue weighted by Crippen LogP contribution is -2.38. The Balaban J connectivity index is 1.91. The number of thioether (sulfide) groups is 1. The van der Waals surface area contributed by atoms with Crippen LogP contribution in [0.25, 0.3) is 0 Å². The molecule has 1 heterocycles. The fraction of sp³-hybridized carbons (Fsp3) is 0.421. The summed E-state index contributed by atoms with van der Waals surface area (Å²) in [6.45, 7) is 1.85. The van der Waals surface area contributed by atoms with Gasteiger partial charge in [-0.25, -0.2) is 0 Å². The molecule has 0 unspecified atom stereocenters. The van der Waals surface area contributed by atoms with Crippen LogP contribution in [0.5, 0.6) is 0 Å². The number of anilines is 1. The predicted molar refractivity (Wildman–Crippen MR) is 104 cm³/mol. The molecule has 1 aromatic carbocycles. The molecular weight excluding hydrogens is 370 g/mol. The quantitative estimate of drug-likeness (QED) is 0.628. The summed E-state index contributed by atoms with van der Waals surface area (Å²) in [5.74, 6) is -0.337. The standard InChI is InChI=1S/C19H20ClN3O2S/c1-12-9-14(7-8-16(12)20)23-17(24)11-26-19(23)15(10-21)18(25)22-13-5-3-2-4-6-13/h7-9,13H,2-6,11H2,1H3,(H,22,25)/b19-15-. The highest BCUT2D eigenvalue weighted by Crippen LogP contribution is 2.37. The van der Waals surface area contributed by atoms with Gasteiger partial charge in [0.2, 0.25) is 5.91 Å². The van der Waals surface area contributed by atoms with E-state index in [2.05, 4.69) is 5.32 Å². The zero-order valence-electron chi connectivity index (χ0n) is 14.5. The van der Waals surface area contributed by atoms with E-state index in [4.69, 9.17) is 11.6 Å². The fourth-order valence-corrected chi connectivity index (χ4v) is 4.41. The molecule has 2 fully saturated rings. The number of nitrogens with zero attached hydrogens (tertiary/aromatic N) is 2. The average Bonchev–Trinajstić information content (AvgIpc) is 3.00. The number of rotatable bonds is 3. The molecule has 1 saturated carbocycles. The van der Waals surface area contributed by atoms with E-state index < -0.39 is 5.91 Å². The van der Waals surface area contributed by atoms with Crippen molar-refractivity contribution in [3.8, 4) is 6.07 Å². The van der Waals surface area contributed by atoms with Crippen molar-refractivity contribution in [1.82, 2.24) is 5.32 Å². The molecule has 5 nitrogen and oxygen atoms in total. The summed E-state index contributed by atoms with van der Waals surface area (Å²) >= 11 is 7.30. The Morgan fingerprint density at radius 2 is 2.08 bits per heavy atom. The van der Waals surface area contributed by atoms with Crippen molar-refractivity contribution in [1.29, 1.82) is 5.26 Å². The lowest BCUT2D eigenvalue weighted by Gasteiger charge is -2.23. The van der Waals surface area contributed by atoms with Gasteiger partial charge in [-0.1, -0.05) is 42.6 Å². The Kier molecular flexibility index (Phi) is 5.90. The first-order valence-corrected chi connectivity index (χ1v) is 10.0. The number of carbonyl (C=O) groups is 2. The molecular formula is C19H20ClN3O2S. The summed E-state index contributed by atoms with van der Waals surface area (Å²) in [4.78, 5) is 26.5. The van der Waals surface area contributed by atoms with Gasteiger partial charge in [0.15, 0.2) is 0 Å². The van der Waals surface area contributed by atoms with Gasteiger partial charge >= 0.3 is 0 Å². The molecule has 1 aromatic rings. The van der Waals surface area contributed by atoms with Gasteiger partial charge in [0.25, 0.3) is 5.91 Å². The van der Waals surface area contributed by atoms with Gasteiger partial charge in [-0.3, -0.25) is 14.5 Å². The minimum absolute atomic E-state index is 0.000901. The summed E-state index contributed by atoms with van der Waals surface area (Å²) in [5.41, 5.74) is 1.45. The molecule has 0 radical (unpaired) electrons. The molecule has 1 N–H and O–H groups in total. The number of nitriles is 1. The van der Waals surface area contributed by atoms with Gasteiger partial charge in [0.1, 0.15) is 16.7 Å². The lowest BCUT2D eigenvalue weighted by atomic mass is 9.95. The van der Waals surface area contributed by atoms with Crippen LogP contribution in [0.4, 0.5) is 5.69 Å². The first-order valence-electron chi connectivity index (χ1n) is 8.68. The van der Waals surface area contributed by atoms with Crippen molar-refractivity contribution >= 4 is 40.9 Å². The zero-order chi connectivity index (χ0) is 18.7. The summed E-state index contributed by atoms with van der Waals surface area (Å²) in [5, 5.41) is 13.6. The lowest BCUT2D eigenvalue weighted by molar-refractivity contribution is -0.118. The smallest absolute Gasteiger partial charge is 0.264 e. The van der Waals surface area contributed by atoms with E-state index in [0.717, 1.165) is 31.2 Å². The molecule has 2 amide bonds. The van der Waals surface area contributed by atoms with Crippen molar-refractivity contribution < 1.29 is 9.59 Å². The number of aryl methyl sites for hydroxylation is 1. The van der Waals surface area contributed by atoms with Gasteiger partial charge in [-0.2, -0.15) is 5.26 Å². The first-order chi connectivity index (χ1) is 12.5. The molecule has 7 heteroatoms. The monoisotopic (exact) mass is 389 g/mol. The Morgan fingerprint density at radius 3 is 2.73 bits per heavy atom. The first kappa shape index (κ1) is 18.8. The van der Waals surface area contributed by atoms with Crippen LogP contribution in [-0.2, 0) is 9.59 Å². The van der Waals surface area contributed by atoms with E-state index >= 15 is 0 Å². The van der Waals surface area contributed by atoms with Gasteiger partial charge in [0.05, 0.1) is 5.75 Å². The molecule has 0 aromatic heterocycles. The molecule has 1 saturated heterocycles. The van der Waals surface area contributed by atoms with Crippen LogP contribution in [0.15, 0.2) is 28.8 Å². The van der Waals surface area contributed by atoms with Crippen LogP contribution in [0.3, 0.4) is 0 Å². The van der Waals surface area contributed by atoms with Crippen molar-refractivity contribution in [2.45, 2.75) is 45.1 Å². The highest BCUT2D eigenvalue weighted by Gasteiger charge is 2.33. The maximum Gasteiger partial charge on any atom is 0.264 e. The topological polar surface area (TPSA) is 73.2 Å². The highest BCUT2D eigenvalue weighted by molar-refractivity contribution is 8.04. The second kappa shape index (κ2) is 8.15. The molecule has 2 aliphatic rings. The van der Waals surface area contributed by atoms with Crippen LogP contribution in [-0.4, -0.2) is 23.6 Å². The summed E-state index contributed by atoms with van der Waals surface area (Å²) in [6, 6.07) is 7.35. The average molecular weight is 390 g/mol. The fourth-order valence-electron chi connectivity index (χ4n) is 3.29. The van der Waals surface area contributed by atoms with Crippen molar-refractivity contribution in [2.75, 3.05) is 10.7 Å². The number of nitrogens with one attached hydrogen (secondary N) is 1. The number of hydrogen-bond acceptors (Lipinski definition) is 4. The second-order valence-corrected chi connectivity index (χ2v) is 7.92. The van der Waals surface area contributed by atoms with E-state index in [9.17, 15) is 14.9 Å². The van der Waals surface area contributed by atoms with Crippen molar-refractivity contribution in [3.05, 3.63) is 39.4 Å². The van der Waals surface area contributed by atoms with E-state index in [1.165, 1.54) is 23.1 Å². The van der Waals surface area contributed by atoms with Crippen molar-refractivity contribution in [2.24, 2.45) is 0 Å². The SMILES string of the molecule is Cc1cc(N2C(=O)CS/C2=C(/C#N)C(=O)NC2CCCCC2)ccc1Cl. The predicted octanol–water partition coefficient (Wildman–Crippen LogP) is 3.91. The van der Waals surface area contributed by atoms with E-state index in [1.54, 1.807) is 18.2 Å². The number of halogens is 1. The molecule has 1 aliphatic heterocycles. The Labute approximate surface area is 162 Å². The van der Waals surface area contributed by atoms with Crippen LogP contribution >= 0.6 is 23.4 Å². The van der Waals surface area contributed by atoms with Crippen molar-refractivity contribution in [3.63, 3.8) is 0 Å². The maximum atomic E-state index is 12.7. The van der Waals surface area contributed by atoms with Gasteiger partial charge < -0.3 is 5.32 Å². The zero-order valence-corrected chi connectivity index (χ0v) is 16.1. The van der Waals surface area contributed by atoms with E-state index in [-0.39, 0.29) is 23.3 Å². The molecule has 0 bridgehead atoms. The minimum Gasteiger partial charge on any atom is -0.349 e. The number of amides is 2. The Morgan fingerprint density at radius 1 is 1.35 bits per heavy atom. The molecule has 0 spiro atoms. The molecule has 1 aliphatic carbocycles.